The lowest BCUT2D eigenvalue weighted by Gasteiger charge is -2.12. The predicted octanol–water partition coefficient (Wildman–Crippen LogP) is 4.98. The van der Waals surface area contributed by atoms with Crippen molar-refractivity contribution in [2.45, 2.75) is 25.2 Å². The van der Waals surface area contributed by atoms with E-state index in [1.54, 1.807) is 12.1 Å². The van der Waals surface area contributed by atoms with Gasteiger partial charge in [-0.3, -0.25) is 9.52 Å². The van der Waals surface area contributed by atoms with Gasteiger partial charge in [-0.15, -0.1) is 0 Å². The van der Waals surface area contributed by atoms with Crippen molar-refractivity contribution >= 4 is 27.3 Å². The van der Waals surface area contributed by atoms with Crippen LogP contribution in [0, 0.1) is 12.7 Å². The SMILES string of the molecule is CCCOc1ccc(NC(=O)c2ccc(NS(=O)(=O)c3ccc(F)cc3)cc2)c(C)c1. The molecule has 3 rings (SSSR count). The van der Waals surface area contributed by atoms with Crippen LogP contribution in [0.5, 0.6) is 5.75 Å². The van der Waals surface area contributed by atoms with Crippen LogP contribution in [0.3, 0.4) is 0 Å². The largest absolute Gasteiger partial charge is 0.494 e. The number of amides is 1. The van der Waals surface area contributed by atoms with E-state index in [0.29, 0.717) is 17.9 Å². The molecule has 0 spiro atoms. The number of carbonyl (C=O) groups is 1. The molecule has 2 N–H and O–H groups in total. The number of hydrogen-bond donors (Lipinski definition) is 2. The molecule has 1 amide bonds. The first-order valence-electron chi connectivity index (χ1n) is 9.72. The maximum absolute atomic E-state index is 13.0. The minimum atomic E-state index is -3.86. The zero-order valence-electron chi connectivity index (χ0n) is 17.2. The van der Waals surface area contributed by atoms with Crippen molar-refractivity contribution in [3.8, 4) is 5.75 Å². The molecule has 0 aliphatic carbocycles. The number of aryl methyl sites for hydroxylation is 1. The third-order valence-electron chi connectivity index (χ3n) is 4.44. The van der Waals surface area contributed by atoms with Crippen LogP contribution in [0.15, 0.2) is 71.6 Å². The zero-order valence-corrected chi connectivity index (χ0v) is 18.0. The predicted molar refractivity (Wildman–Crippen MR) is 119 cm³/mol. The highest BCUT2D eigenvalue weighted by Crippen LogP contribution is 2.23. The van der Waals surface area contributed by atoms with Gasteiger partial charge in [-0.1, -0.05) is 6.92 Å². The van der Waals surface area contributed by atoms with E-state index in [0.717, 1.165) is 29.9 Å². The Bertz CT molecular complexity index is 1160. The standard InChI is InChI=1S/C23H23FN2O4S/c1-3-14-30-20-10-13-22(16(2)15-20)25-23(27)17-4-8-19(9-5-17)26-31(28,29)21-11-6-18(24)7-12-21/h4-13,15,26H,3,14H2,1-2H3,(H,25,27). The van der Waals surface area contributed by atoms with E-state index >= 15 is 0 Å². The van der Waals surface area contributed by atoms with Gasteiger partial charge in [0.25, 0.3) is 15.9 Å². The normalized spacial score (nSPS) is 11.1. The zero-order chi connectivity index (χ0) is 22.4. The first-order chi connectivity index (χ1) is 14.8. The van der Waals surface area contributed by atoms with Gasteiger partial charge in [0, 0.05) is 16.9 Å². The Hall–Kier alpha value is -3.39. The Balaban J connectivity index is 1.67. The lowest BCUT2D eigenvalue weighted by Crippen LogP contribution is -2.14. The summed E-state index contributed by atoms with van der Waals surface area (Å²) in [4.78, 5) is 12.5. The van der Waals surface area contributed by atoms with Crippen LogP contribution in [0.25, 0.3) is 0 Å². The van der Waals surface area contributed by atoms with Crippen LogP contribution in [-0.4, -0.2) is 20.9 Å². The number of carbonyl (C=O) groups excluding carboxylic acids is 1. The maximum atomic E-state index is 13.0. The Kier molecular flexibility index (Phi) is 6.91. The fraction of sp³-hybridized carbons (Fsp3) is 0.174. The lowest BCUT2D eigenvalue weighted by molar-refractivity contribution is 0.102. The molecule has 0 bridgehead atoms. The highest BCUT2D eigenvalue weighted by Gasteiger charge is 2.15. The summed E-state index contributed by atoms with van der Waals surface area (Å²) in [5.41, 5.74) is 2.19. The van der Waals surface area contributed by atoms with Crippen LogP contribution in [0.2, 0.25) is 0 Å². The molecule has 0 aromatic heterocycles. The molecule has 8 heteroatoms. The van der Waals surface area contributed by atoms with Gasteiger partial charge in [0.1, 0.15) is 11.6 Å². The second-order valence-corrected chi connectivity index (χ2v) is 8.60. The molecule has 31 heavy (non-hydrogen) atoms. The Labute approximate surface area is 181 Å². The molecule has 0 saturated carbocycles. The minimum absolute atomic E-state index is 0.0578. The van der Waals surface area contributed by atoms with Crippen LogP contribution in [-0.2, 0) is 10.0 Å². The Morgan fingerprint density at radius 2 is 1.68 bits per heavy atom. The third kappa shape index (κ3) is 5.82. The second kappa shape index (κ2) is 9.61. The summed E-state index contributed by atoms with van der Waals surface area (Å²) >= 11 is 0. The number of ether oxygens (including phenoxy) is 1. The number of anilines is 2. The van der Waals surface area contributed by atoms with Crippen molar-refractivity contribution in [3.63, 3.8) is 0 Å². The van der Waals surface area contributed by atoms with Gasteiger partial charge in [0.2, 0.25) is 0 Å². The fourth-order valence-electron chi connectivity index (χ4n) is 2.80. The molecule has 0 unspecified atom stereocenters. The quantitative estimate of drug-likeness (QED) is 0.516. The van der Waals surface area contributed by atoms with Gasteiger partial charge in [0.15, 0.2) is 0 Å². The Morgan fingerprint density at radius 1 is 1.00 bits per heavy atom. The second-order valence-electron chi connectivity index (χ2n) is 6.92. The van der Waals surface area contributed by atoms with Crippen molar-refractivity contribution in [1.82, 2.24) is 0 Å². The van der Waals surface area contributed by atoms with E-state index in [1.807, 2.05) is 19.9 Å². The van der Waals surface area contributed by atoms with E-state index in [1.165, 1.54) is 36.4 Å². The fourth-order valence-corrected chi connectivity index (χ4v) is 3.86. The van der Waals surface area contributed by atoms with E-state index in [4.69, 9.17) is 4.74 Å². The topological polar surface area (TPSA) is 84.5 Å². The molecule has 3 aromatic rings. The van der Waals surface area contributed by atoms with Crippen molar-refractivity contribution in [3.05, 3.63) is 83.7 Å². The number of halogens is 1. The van der Waals surface area contributed by atoms with Gasteiger partial charge in [0.05, 0.1) is 11.5 Å². The van der Waals surface area contributed by atoms with Crippen LogP contribution < -0.4 is 14.8 Å². The smallest absolute Gasteiger partial charge is 0.261 e. The highest BCUT2D eigenvalue weighted by atomic mass is 32.2. The summed E-state index contributed by atoms with van der Waals surface area (Å²) in [5, 5.41) is 2.84. The van der Waals surface area contributed by atoms with Crippen molar-refractivity contribution in [2.75, 3.05) is 16.6 Å². The average molecular weight is 443 g/mol. The molecule has 6 nitrogen and oxygen atoms in total. The summed E-state index contributed by atoms with van der Waals surface area (Å²) < 4.78 is 45.8. The van der Waals surface area contributed by atoms with E-state index in [9.17, 15) is 17.6 Å². The summed E-state index contributed by atoms with van der Waals surface area (Å²) in [6.45, 7) is 4.53. The molecular formula is C23H23FN2O4S. The first-order valence-corrected chi connectivity index (χ1v) is 11.2. The Morgan fingerprint density at radius 3 is 2.29 bits per heavy atom. The van der Waals surface area contributed by atoms with Gasteiger partial charge in [-0.05, 0) is 85.6 Å². The van der Waals surface area contributed by atoms with Crippen molar-refractivity contribution in [2.24, 2.45) is 0 Å². The van der Waals surface area contributed by atoms with Crippen LogP contribution in [0.4, 0.5) is 15.8 Å². The number of benzene rings is 3. The average Bonchev–Trinajstić information content (AvgIpc) is 2.74. The number of rotatable bonds is 8. The molecule has 0 aliphatic heterocycles. The highest BCUT2D eigenvalue weighted by molar-refractivity contribution is 7.92. The third-order valence-corrected chi connectivity index (χ3v) is 5.84. The number of hydrogen-bond acceptors (Lipinski definition) is 4. The molecule has 0 fully saturated rings. The van der Waals surface area contributed by atoms with Crippen molar-refractivity contribution in [1.29, 1.82) is 0 Å². The van der Waals surface area contributed by atoms with Gasteiger partial charge in [-0.2, -0.15) is 0 Å². The molecule has 0 atom stereocenters. The molecule has 0 aliphatic rings. The molecule has 0 saturated heterocycles. The van der Waals surface area contributed by atoms with Crippen LogP contribution >= 0.6 is 0 Å². The summed E-state index contributed by atoms with van der Waals surface area (Å²) in [6.07, 6.45) is 0.910. The van der Waals surface area contributed by atoms with Gasteiger partial charge >= 0.3 is 0 Å². The monoisotopic (exact) mass is 442 g/mol. The van der Waals surface area contributed by atoms with Gasteiger partial charge in [-0.25, -0.2) is 12.8 Å². The number of nitrogens with one attached hydrogen (secondary N) is 2. The van der Waals surface area contributed by atoms with E-state index in [2.05, 4.69) is 10.0 Å². The minimum Gasteiger partial charge on any atom is -0.494 e. The first kappa shape index (κ1) is 22.3. The molecular weight excluding hydrogens is 419 g/mol. The lowest BCUT2D eigenvalue weighted by atomic mass is 10.1. The maximum Gasteiger partial charge on any atom is 0.261 e. The summed E-state index contributed by atoms with van der Waals surface area (Å²) in [7, 11) is -3.86. The van der Waals surface area contributed by atoms with Crippen molar-refractivity contribution < 1.29 is 22.3 Å². The summed E-state index contributed by atoms with van der Waals surface area (Å²) in [6, 6.07) is 16.0. The van der Waals surface area contributed by atoms with Crippen LogP contribution in [0.1, 0.15) is 29.3 Å². The van der Waals surface area contributed by atoms with E-state index in [-0.39, 0.29) is 16.5 Å². The molecule has 0 heterocycles. The summed E-state index contributed by atoms with van der Waals surface area (Å²) in [5.74, 6) is -0.0962. The van der Waals surface area contributed by atoms with E-state index < -0.39 is 15.8 Å². The number of sulfonamides is 1. The molecule has 0 radical (unpaired) electrons. The van der Waals surface area contributed by atoms with Gasteiger partial charge < -0.3 is 10.1 Å². The molecule has 3 aromatic carbocycles. The molecule has 162 valence electrons.